The van der Waals surface area contributed by atoms with Crippen LogP contribution in [0.2, 0.25) is 0 Å². The van der Waals surface area contributed by atoms with Crippen LogP contribution >= 0.6 is 0 Å². The predicted molar refractivity (Wildman–Crippen MR) is 137 cm³/mol. The number of aromatic nitrogens is 3. The Labute approximate surface area is 208 Å². The second-order valence-corrected chi connectivity index (χ2v) is 8.27. The van der Waals surface area contributed by atoms with Gasteiger partial charge in [0.05, 0.1) is 0 Å². The molecule has 0 aliphatic rings. The third-order valence-corrected chi connectivity index (χ3v) is 5.25. The minimum absolute atomic E-state index is 0.131. The van der Waals surface area contributed by atoms with Crippen molar-refractivity contribution < 1.29 is 14.4 Å². The van der Waals surface area contributed by atoms with E-state index in [0.717, 1.165) is 16.7 Å². The Morgan fingerprint density at radius 3 is 0.889 bits per heavy atom. The van der Waals surface area contributed by atoms with Crippen LogP contribution in [0.25, 0.3) is 0 Å². The molecule has 0 radical (unpaired) electrons. The van der Waals surface area contributed by atoms with Crippen molar-refractivity contribution in [3.63, 3.8) is 0 Å². The maximum Gasteiger partial charge on any atom is 0.258 e. The number of nitrogens with zero attached hydrogens (tertiary/aromatic N) is 3. The molecule has 4 aromatic rings. The summed E-state index contributed by atoms with van der Waals surface area (Å²) in [6.45, 7) is 5.75. The lowest BCUT2D eigenvalue weighted by Gasteiger charge is -2.10. The lowest BCUT2D eigenvalue weighted by Crippen LogP contribution is -2.21. The zero-order chi connectivity index (χ0) is 25.7. The number of benzene rings is 3. The fourth-order valence-corrected chi connectivity index (χ4v) is 3.18. The average Bonchev–Trinajstić information content (AvgIpc) is 2.85. The molecule has 180 valence electrons. The summed E-state index contributed by atoms with van der Waals surface area (Å²) in [5, 5.41) is 7.79. The zero-order valence-corrected chi connectivity index (χ0v) is 20.0. The molecule has 9 heteroatoms. The predicted octanol–water partition coefficient (Wildman–Crippen LogP) is 4.55. The Balaban J connectivity index is 1.61. The summed E-state index contributed by atoms with van der Waals surface area (Å²) in [7, 11) is 0. The van der Waals surface area contributed by atoms with Gasteiger partial charge in [0.1, 0.15) is 0 Å². The molecule has 36 heavy (non-hydrogen) atoms. The Morgan fingerprint density at radius 1 is 0.444 bits per heavy atom. The Bertz CT molecular complexity index is 1230. The minimum atomic E-state index is -0.451. The van der Waals surface area contributed by atoms with Gasteiger partial charge in [0.2, 0.25) is 17.8 Å². The molecule has 1 heterocycles. The molecule has 0 atom stereocenters. The fraction of sp³-hybridized carbons (Fsp3) is 0.111. The lowest BCUT2D eigenvalue weighted by molar-refractivity contribution is 0.101. The van der Waals surface area contributed by atoms with Crippen LogP contribution < -0.4 is 16.0 Å². The molecular formula is C27H24N6O3. The standard InChI is InChI=1S/C27H24N6O3/c1-16-4-10-19(11-5-16)22(34)28-25-31-26(29-23(35)20-12-6-17(2)7-13-20)33-27(32-25)30-24(36)21-14-8-18(3)9-15-21/h4-15H,1-3H3,(H3,28,29,30,31,32,33,34,35,36). The van der Waals surface area contributed by atoms with Crippen molar-refractivity contribution in [3.05, 3.63) is 106 Å². The molecule has 3 aromatic carbocycles. The number of nitrogens with one attached hydrogen (secondary N) is 3. The number of amides is 3. The summed E-state index contributed by atoms with van der Waals surface area (Å²) in [6.07, 6.45) is 0. The van der Waals surface area contributed by atoms with Crippen LogP contribution in [0.15, 0.2) is 72.8 Å². The van der Waals surface area contributed by atoms with Crippen molar-refractivity contribution in [1.29, 1.82) is 0 Å². The van der Waals surface area contributed by atoms with Gasteiger partial charge in [-0.1, -0.05) is 53.1 Å². The van der Waals surface area contributed by atoms with Gasteiger partial charge < -0.3 is 0 Å². The highest BCUT2D eigenvalue weighted by Crippen LogP contribution is 2.14. The number of rotatable bonds is 6. The second-order valence-electron chi connectivity index (χ2n) is 8.27. The highest BCUT2D eigenvalue weighted by atomic mass is 16.2. The van der Waals surface area contributed by atoms with E-state index in [0.29, 0.717) is 16.7 Å². The van der Waals surface area contributed by atoms with E-state index in [-0.39, 0.29) is 17.8 Å². The molecular weight excluding hydrogens is 456 g/mol. The average molecular weight is 481 g/mol. The second kappa shape index (κ2) is 10.6. The number of carbonyl (C=O) groups is 3. The fourth-order valence-electron chi connectivity index (χ4n) is 3.18. The van der Waals surface area contributed by atoms with Gasteiger partial charge in [0, 0.05) is 16.7 Å². The van der Waals surface area contributed by atoms with E-state index in [4.69, 9.17) is 0 Å². The van der Waals surface area contributed by atoms with E-state index < -0.39 is 17.7 Å². The summed E-state index contributed by atoms with van der Waals surface area (Å²) in [6, 6.07) is 20.9. The summed E-state index contributed by atoms with van der Waals surface area (Å²) in [4.78, 5) is 50.6. The first kappa shape index (κ1) is 24.2. The van der Waals surface area contributed by atoms with E-state index >= 15 is 0 Å². The Kier molecular flexibility index (Phi) is 7.10. The van der Waals surface area contributed by atoms with Crippen molar-refractivity contribution in [3.8, 4) is 0 Å². The van der Waals surface area contributed by atoms with Crippen LogP contribution in [-0.2, 0) is 0 Å². The van der Waals surface area contributed by atoms with Crippen LogP contribution in [0.3, 0.4) is 0 Å². The maximum atomic E-state index is 12.7. The van der Waals surface area contributed by atoms with E-state index in [1.54, 1.807) is 36.4 Å². The van der Waals surface area contributed by atoms with Gasteiger partial charge in [-0.3, -0.25) is 30.3 Å². The molecule has 3 N–H and O–H groups in total. The molecule has 3 amide bonds. The van der Waals surface area contributed by atoms with E-state index in [1.165, 1.54) is 0 Å². The molecule has 9 nitrogen and oxygen atoms in total. The zero-order valence-electron chi connectivity index (χ0n) is 20.0. The number of anilines is 3. The van der Waals surface area contributed by atoms with Crippen molar-refractivity contribution >= 4 is 35.6 Å². The van der Waals surface area contributed by atoms with Crippen molar-refractivity contribution in [1.82, 2.24) is 15.0 Å². The van der Waals surface area contributed by atoms with Crippen LogP contribution in [-0.4, -0.2) is 32.7 Å². The summed E-state index contributed by atoms with van der Waals surface area (Å²) in [5.41, 5.74) is 4.22. The first-order valence-electron chi connectivity index (χ1n) is 11.2. The van der Waals surface area contributed by atoms with Crippen LogP contribution in [0.4, 0.5) is 17.8 Å². The van der Waals surface area contributed by atoms with Gasteiger partial charge in [-0.15, -0.1) is 0 Å². The molecule has 0 bridgehead atoms. The first-order valence-corrected chi connectivity index (χ1v) is 11.2. The van der Waals surface area contributed by atoms with Gasteiger partial charge in [-0.05, 0) is 57.2 Å². The number of aryl methyl sites for hydroxylation is 3. The smallest absolute Gasteiger partial charge is 0.258 e. The number of hydrogen-bond acceptors (Lipinski definition) is 6. The molecule has 0 spiro atoms. The van der Waals surface area contributed by atoms with Crippen LogP contribution in [0.5, 0.6) is 0 Å². The van der Waals surface area contributed by atoms with Crippen LogP contribution in [0.1, 0.15) is 47.8 Å². The van der Waals surface area contributed by atoms with Crippen molar-refractivity contribution in [2.45, 2.75) is 20.8 Å². The SMILES string of the molecule is Cc1ccc(C(=O)Nc2nc(NC(=O)c3ccc(C)cc3)nc(NC(=O)c3ccc(C)cc3)n2)cc1. The molecule has 0 aliphatic carbocycles. The van der Waals surface area contributed by atoms with Crippen molar-refractivity contribution in [2.24, 2.45) is 0 Å². The summed E-state index contributed by atoms with van der Waals surface area (Å²) >= 11 is 0. The monoisotopic (exact) mass is 480 g/mol. The highest BCUT2D eigenvalue weighted by molar-refractivity contribution is 6.06. The Hall–Kier alpha value is -4.92. The van der Waals surface area contributed by atoms with E-state index in [2.05, 4.69) is 30.9 Å². The van der Waals surface area contributed by atoms with Gasteiger partial charge in [-0.25, -0.2) is 0 Å². The minimum Gasteiger partial charge on any atom is -0.290 e. The molecule has 1 aromatic heterocycles. The third kappa shape index (κ3) is 6.15. The van der Waals surface area contributed by atoms with E-state index in [9.17, 15) is 14.4 Å². The largest absolute Gasteiger partial charge is 0.290 e. The first-order chi connectivity index (χ1) is 17.3. The Morgan fingerprint density at radius 2 is 0.667 bits per heavy atom. The molecule has 0 fully saturated rings. The van der Waals surface area contributed by atoms with Crippen LogP contribution in [0, 0.1) is 20.8 Å². The van der Waals surface area contributed by atoms with E-state index in [1.807, 2.05) is 57.2 Å². The molecule has 0 aliphatic heterocycles. The molecule has 0 saturated heterocycles. The molecule has 0 saturated carbocycles. The maximum absolute atomic E-state index is 12.7. The highest BCUT2D eigenvalue weighted by Gasteiger charge is 2.16. The summed E-state index contributed by atoms with van der Waals surface area (Å²) < 4.78 is 0. The molecule has 4 rings (SSSR count). The number of carbonyl (C=O) groups excluding carboxylic acids is 3. The third-order valence-electron chi connectivity index (χ3n) is 5.25. The summed E-state index contributed by atoms with van der Waals surface area (Å²) in [5.74, 6) is -1.74. The van der Waals surface area contributed by atoms with Crippen molar-refractivity contribution in [2.75, 3.05) is 16.0 Å². The normalized spacial score (nSPS) is 10.4. The lowest BCUT2D eigenvalue weighted by atomic mass is 10.1. The number of hydrogen-bond donors (Lipinski definition) is 3. The van der Waals surface area contributed by atoms with Gasteiger partial charge >= 0.3 is 0 Å². The van der Waals surface area contributed by atoms with Gasteiger partial charge in [0.25, 0.3) is 17.7 Å². The van der Waals surface area contributed by atoms with Gasteiger partial charge in [-0.2, -0.15) is 15.0 Å². The molecule has 0 unspecified atom stereocenters. The van der Waals surface area contributed by atoms with Gasteiger partial charge in [0.15, 0.2) is 0 Å². The quantitative estimate of drug-likeness (QED) is 0.372. The topological polar surface area (TPSA) is 126 Å².